The van der Waals surface area contributed by atoms with E-state index in [0.29, 0.717) is 6.54 Å². The number of halogens is 1. The van der Waals surface area contributed by atoms with E-state index in [9.17, 15) is 0 Å². The summed E-state index contributed by atoms with van der Waals surface area (Å²) < 4.78 is 4.34. The minimum atomic E-state index is 0.107. The van der Waals surface area contributed by atoms with Gasteiger partial charge in [-0.05, 0) is 26.6 Å². The quantitative estimate of drug-likeness (QED) is 0.714. The topological polar surface area (TPSA) is 52.0 Å². The zero-order valence-corrected chi connectivity index (χ0v) is 7.84. The highest BCUT2D eigenvalue weighted by Gasteiger charge is 1.98. The lowest BCUT2D eigenvalue weighted by molar-refractivity contribution is 0.965. The van der Waals surface area contributed by atoms with Gasteiger partial charge in [0.15, 0.2) is 0 Å². The fraction of sp³-hybridized carbons (Fsp3) is 0.286. The predicted molar refractivity (Wildman–Crippen MR) is 54.1 cm³/mol. The molecule has 2 nitrogen and oxygen atoms in total. The monoisotopic (exact) mass is 250 g/mol. The molecule has 0 spiro atoms. The molecule has 4 N–H and O–H groups in total. The summed E-state index contributed by atoms with van der Waals surface area (Å²) in [7, 11) is 0. The molecule has 1 aliphatic rings. The van der Waals surface area contributed by atoms with E-state index in [4.69, 9.17) is 11.5 Å². The first-order chi connectivity index (χ1) is 4.84. The standard InChI is InChI=1S/C7H11IN2/c9-4-2-6-1-3-8-5-7(6)10/h1,3,5H,2,4,9-10H2. The minimum absolute atomic E-state index is 0.107. The van der Waals surface area contributed by atoms with Crippen molar-refractivity contribution in [3.63, 3.8) is 0 Å². The van der Waals surface area contributed by atoms with Crippen molar-refractivity contribution in [3.8, 4) is 0 Å². The van der Waals surface area contributed by atoms with Crippen molar-refractivity contribution >= 4 is 24.7 Å². The summed E-state index contributed by atoms with van der Waals surface area (Å²) in [5.74, 6) is 0. The molecule has 0 fully saturated rings. The molecule has 0 amide bonds. The minimum Gasteiger partial charge on any atom is -0.398 e. The first-order valence-corrected chi connectivity index (χ1v) is 5.64. The summed E-state index contributed by atoms with van der Waals surface area (Å²) in [5, 5.41) is 0. The first kappa shape index (κ1) is 7.94. The molecule has 0 aromatic carbocycles. The summed E-state index contributed by atoms with van der Waals surface area (Å²) >= 11 is 0.107. The Bertz CT molecular complexity index is 204. The molecule has 0 unspecified atom stereocenters. The van der Waals surface area contributed by atoms with Crippen LogP contribution in [0.25, 0.3) is 0 Å². The van der Waals surface area contributed by atoms with E-state index in [-0.39, 0.29) is 20.7 Å². The van der Waals surface area contributed by atoms with Gasteiger partial charge in [0.1, 0.15) is 0 Å². The van der Waals surface area contributed by atoms with Crippen LogP contribution in [0.2, 0.25) is 0 Å². The molecule has 0 aromatic heterocycles. The average Bonchev–Trinajstić information content (AvgIpc) is 1.94. The molecular weight excluding hydrogens is 239 g/mol. The van der Waals surface area contributed by atoms with Crippen LogP contribution in [0.5, 0.6) is 0 Å². The molecule has 1 rings (SSSR count). The largest absolute Gasteiger partial charge is 0.398 e. The highest BCUT2D eigenvalue weighted by Crippen LogP contribution is 2.14. The highest BCUT2D eigenvalue weighted by atomic mass is 127. The Hall–Kier alpha value is -0.160. The van der Waals surface area contributed by atoms with Crippen molar-refractivity contribution in [2.24, 2.45) is 11.5 Å². The molecule has 0 atom stereocenters. The van der Waals surface area contributed by atoms with E-state index in [2.05, 4.69) is 14.2 Å². The van der Waals surface area contributed by atoms with E-state index in [1.54, 1.807) is 0 Å². The second-order valence-electron chi connectivity index (χ2n) is 2.05. The van der Waals surface area contributed by atoms with Crippen LogP contribution >= 0.6 is 20.7 Å². The van der Waals surface area contributed by atoms with Gasteiger partial charge in [-0.1, -0.05) is 26.8 Å². The van der Waals surface area contributed by atoms with Gasteiger partial charge < -0.3 is 11.5 Å². The van der Waals surface area contributed by atoms with Crippen LogP contribution in [-0.4, -0.2) is 10.6 Å². The molecule has 0 aromatic rings. The van der Waals surface area contributed by atoms with Crippen LogP contribution < -0.4 is 11.5 Å². The Morgan fingerprint density at radius 1 is 1.50 bits per heavy atom. The fourth-order valence-electron chi connectivity index (χ4n) is 0.766. The summed E-state index contributed by atoms with van der Waals surface area (Å²) in [6, 6.07) is 0. The van der Waals surface area contributed by atoms with E-state index < -0.39 is 0 Å². The van der Waals surface area contributed by atoms with Crippen molar-refractivity contribution in [3.05, 3.63) is 21.4 Å². The molecule has 0 saturated carbocycles. The SMILES string of the molecule is NCCC1=C(N)C=IC=C1. The van der Waals surface area contributed by atoms with Crippen molar-refractivity contribution in [1.82, 2.24) is 0 Å². The van der Waals surface area contributed by atoms with Gasteiger partial charge in [-0.15, -0.1) is 0 Å². The van der Waals surface area contributed by atoms with Crippen LogP contribution in [0.1, 0.15) is 6.42 Å². The van der Waals surface area contributed by atoms with E-state index >= 15 is 0 Å². The maximum Gasteiger partial charge on any atom is 0.0404 e. The van der Waals surface area contributed by atoms with Crippen LogP contribution in [0.3, 0.4) is 0 Å². The van der Waals surface area contributed by atoms with Crippen molar-refractivity contribution < 1.29 is 0 Å². The number of nitrogens with two attached hydrogens (primary N) is 2. The molecule has 3 heteroatoms. The second kappa shape index (κ2) is 3.88. The molecule has 1 aliphatic heterocycles. The fourth-order valence-corrected chi connectivity index (χ4v) is 2.40. The number of hydrogen-bond donors (Lipinski definition) is 2. The van der Waals surface area contributed by atoms with Gasteiger partial charge in [0, 0.05) is 5.70 Å². The maximum absolute atomic E-state index is 5.71. The number of allylic oxidation sites excluding steroid dienone is 2. The van der Waals surface area contributed by atoms with Crippen molar-refractivity contribution in [2.45, 2.75) is 6.42 Å². The van der Waals surface area contributed by atoms with Crippen molar-refractivity contribution in [1.29, 1.82) is 0 Å². The second-order valence-corrected chi connectivity index (χ2v) is 4.11. The van der Waals surface area contributed by atoms with Crippen LogP contribution in [-0.2, 0) is 0 Å². The zero-order valence-electron chi connectivity index (χ0n) is 5.68. The molecule has 56 valence electrons. The zero-order chi connectivity index (χ0) is 7.40. The molecular formula is C7H11IN2. The van der Waals surface area contributed by atoms with Crippen LogP contribution in [0, 0.1) is 0 Å². The summed E-state index contributed by atoms with van der Waals surface area (Å²) in [6.07, 6.45) is 3.01. The van der Waals surface area contributed by atoms with Gasteiger partial charge in [0.25, 0.3) is 0 Å². The van der Waals surface area contributed by atoms with Gasteiger partial charge >= 0.3 is 0 Å². The van der Waals surface area contributed by atoms with E-state index in [1.807, 2.05) is 0 Å². The first-order valence-electron chi connectivity index (χ1n) is 3.15. The van der Waals surface area contributed by atoms with Crippen LogP contribution in [0.4, 0.5) is 0 Å². The maximum atomic E-state index is 5.71. The molecule has 0 saturated heterocycles. The molecule has 1 heterocycles. The lowest BCUT2D eigenvalue weighted by Gasteiger charge is -2.04. The van der Waals surface area contributed by atoms with Gasteiger partial charge in [-0.25, -0.2) is 0 Å². The van der Waals surface area contributed by atoms with Gasteiger partial charge in [0.05, 0.1) is 0 Å². The lowest BCUT2D eigenvalue weighted by atomic mass is 10.1. The summed E-state index contributed by atoms with van der Waals surface area (Å²) in [6.45, 7) is 0.687. The summed E-state index contributed by atoms with van der Waals surface area (Å²) in [5.41, 5.74) is 13.3. The average molecular weight is 250 g/mol. The van der Waals surface area contributed by atoms with E-state index in [0.717, 1.165) is 12.1 Å². The Labute approximate surface area is 70.7 Å². The summed E-state index contributed by atoms with van der Waals surface area (Å²) in [4.78, 5) is 0. The number of hydrogen-bond acceptors (Lipinski definition) is 2. The van der Waals surface area contributed by atoms with Gasteiger partial charge in [-0.2, -0.15) is 0 Å². The van der Waals surface area contributed by atoms with Gasteiger partial charge in [-0.3, -0.25) is 0 Å². The normalized spacial score (nSPS) is 17.3. The predicted octanol–water partition coefficient (Wildman–Crippen LogP) is 0.848. The highest BCUT2D eigenvalue weighted by molar-refractivity contribution is 14.2. The lowest BCUT2D eigenvalue weighted by Crippen LogP contribution is -2.07. The number of rotatable bonds is 2. The Balaban J connectivity index is 2.72. The Morgan fingerprint density at radius 2 is 2.30 bits per heavy atom. The van der Waals surface area contributed by atoms with Crippen LogP contribution in [0.15, 0.2) is 21.4 Å². The van der Waals surface area contributed by atoms with Crippen molar-refractivity contribution in [2.75, 3.05) is 6.54 Å². The third-order valence-corrected chi connectivity index (χ3v) is 3.11. The third kappa shape index (κ3) is 1.91. The molecule has 0 bridgehead atoms. The Kier molecular flexibility index (Phi) is 3.08. The molecule has 0 radical (unpaired) electrons. The third-order valence-electron chi connectivity index (χ3n) is 1.30. The molecule has 10 heavy (non-hydrogen) atoms. The smallest absolute Gasteiger partial charge is 0.0404 e. The van der Waals surface area contributed by atoms with Gasteiger partial charge in [0.2, 0.25) is 0 Å². The molecule has 0 aliphatic carbocycles. The Morgan fingerprint density at radius 3 is 2.90 bits per heavy atom. The van der Waals surface area contributed by atoms with E-state index in [1.165, 1.54) is 5.57 Å².